The molecule has 9 heavy (non-hydrogen) atoms. The summed E-state index contributed by atoms with van der Waals surface area (Å²) in [7, 11) is 3.14. The summed E-state index contributed by atoms with van der Waals surface area (Å²) in [5.74, 6) is -0.651. The molecule has 0 saturated heterocycles. The largest absolute Gasteiger partial charge is 0.352 e. The molecule has 0 spiro atoms. The fourth-order valence-electron chi connectivity index (χ4n) is 0.408. The van der Waals surface area contributed by atoms with Crippen molar-refractivity contribution in [3.05, 3.63) is 0 Å². The van der Waals surface area contributed by atoms with E-state index >= 15 is 0 Å². The molecule has 0 aliphatic heterocycles. The summed E-state index contributed by atoms with van der Waals surface area (Å²) in [6, 6.07) is 0. The minimum absolute atomic E-state index is 0.146. The molecule has 0 aromatic heterocycles. The zero-order valence-corrected chi connectivity index (χ0v) is 7.03. The van der Waals surface area contributed by atoms with Gasteiger partial charge in [-0.2, -0.15) is 0 Å². The second-order valence-corrected chi connectivity index (χ2v) is 2.69. The maximum Gasteiger partial charge on any atom is 0.180 e. The molecule has 0 rings (SSSR count). The van der Waals surface area contributed by atoms with Gasteiger partial charge in [-0.05, 0) is 13.8 Å². The molecule has 0 bridgehead atoms. The van der Waals surface area contributed by atoms with E-state index in [0.29, 0.717) is 0 Å². The fraction of sp³-hybridized carbons (Fsp3) is 1.00. The molecule has 1 atom stereocenters. The molecule has 0 radical (unpaired) electrons. The lowest BCUT2D eigenvalue weighted by Gasteiger charge is -2.28. The Morgan fingerprint density at radius 2 is 1.67 bits per heavy atom. The Bertz CT molecular complexity index is 79.1. The van der Waals surface area contributed by atoms with E-state index in [2.05, 4.69) is 0 Å². The van der Waals surface area contributed by atoms with Crippen molar-refractivity contribution in [1.82, 2.24) is 0 Å². The summed E-state index contributed by atoms with van der Waals surface area (Å²) in [4.78, 5) is 0. The zero-order chi connectivity index (χ0) is 7.49. The van der Waals surface area contributed by atoms with Gasteiger partial charge in [-0.1, -0.05) is 0 Å². The molecule has 0 saturated carbocycles. The normalized spacial score (nSPS) is 15.7. The van der Waals surface area contributed by atoms with Gasteiger partial charge < -0.3 is 9.47 Å². The monoisotopic (exact) mass is 152 g/mol. The summed E-state index contributed by atoms with van der Waals surface area (Å²) in [5.41, 5.74) is 0. The first kappa shape index (κ1) is 9.21. The van der Waals surface area contributed by atoms with Crippen LogP contribution >= 0.6 is 11.6 Å². The third kappa shape index (κ3) is 2.12. The minimum atomic E-state index is -0.651. The smallest absolute Gasteiger partial charge is 0.180 e. The van der Waals surface area contributed by atoms with Crippen molar-refractivity contribution in [2.75, 3.05) is 14.2 Å². The predicted octanol–water partition coefficient (Wildman–Crippen LogP) is 1.62. The van der Waals surface area contributed by atoms with Crippen molar-refractivity contribution >= 4 is 11.6 Å². The molecular formula is C6H13ClO2. The molecule has 0 aromatic carbocycles. The number of hydrogen-bond donors (Lipinski definition) is 0. The summed E-state index contributed by atoms with van der Waals surface area (Å²) in [6.45, 7) is 3.62. The van der Waals surface area contributed by atoms with Crippen molar-refractivity contribution < 1.29 is 9.47 Å². The number of halogens is 1. The van der Waals surface area contributed by atoms with E-state index in [1.54, 1.807) is 21.1 Å². The van der Waals surface area contributed by atoms with Crippen LogP contribution in [0.3, 0.4) is 0 Å². The first-order valence-corrected chi connectivity index (χ1v) is 3.25. The molecule has 56 valence electrons. The van der Waals surface area contributed by atoms with Crippen molar-refractivity contribution in [3.8, 4) is 0 Å². The molecule has 0 aliphatic carbocycles. The van der Waals surface area contributed by atoms with E-state index in [4.69, 9.17) is 21.1 Å². The van der Waals surface area contributed by atoms with Gasteiger partial charge in [-0.25, -0.2) is 0 Å². The first-order chi connectivity index (χ1) is 4.06. The highest BCUT2D eigenvalue weighted by Gasteiger charge is 2.28. The van der Waals surface area contributed by atoms with Crippen LogP contribution in [0.2, 0.25) is 0 Å². The molecular weight excluding hydrogens is 140 g/mol. The minimum Gasteiger partial charge on any atom is -0.352 e. The Balaban J connectivity index is 3.92. The van der Waals surface area contributed by atoms with Crippen molar-refractivity contribution in [3.63, 3.8) is 0 Å². The lowest BCUT2D eigenvalue weighted by Crippen LogP contribution is -2.37. The van der Waals surface area contributed by atoms with Crippen molar-refractivity contribution in [1.29, 1.82) is 0 Å². The Hall–Kier alpha value is 0.210. The molecule has 2 nitrogen and oxygen atoms in total. The average Bonchev–Trinajstić information content (AvgIpc) is 1.86. The van der Waals surface area contributed by atoms with E-state index in [1.807, 2.05) is 6.92 Å². The van der Waals surface area contributed by atoms with Gasteiger partial charge in [0, 0.05) is 14.2 Å². The van der Waals surface area contributed by atoms with E-state index in [9.17, 15) is 0 Å². The third-order valence-electron chi connectivity index (χ3n) is 1.53. The Morgan fingerprint density at radius 3 is 1.67 bits per heavy atom. The lowest BCUT2D eigenvalue weighted by atomic mass is 10.2. The number of hydrogen-bond acceptors (Lipinski definition) is 2. The Kier molecular flexibility index (Phi) is 3.48. The van der Waals surface area contributed by atoms with Gasteiger partial charge in [0.25, 0.3) is 0 Å². The highest BCUT2D eigenvalue weighted by atomic mass is 35.5. The van der Waals surface area contributed by atoms with Crippen LogP contribution in [0.5, 0.6) is 0 Å². The Labute approximate surface area is 61.1 Å². The van der Waals surface area contributed by atoms with Crippen LogP contribution < -0.4 is 0 Å². The number of rotatable bonds is 3. The maximum atomic E-state index is 5.74. The van der Waals surface area contributed by atoms with Gasteiger partial charge in [0.15, 0.2) is 5.79 Å². The van der Waals surface area contributed by atoms with E-state index in [0.717, 1.165) is 0 Å². The molecule has 1 unspecified atom stereocenters. The van der Waals surface area contributed by atoms with Crippen molar-refractivity contribution in [2.24, 2.45) is 0 Å². The second kappa shape index (κ2) is 3.40. The van der Waals surface area contributed by atoms with E-state index in [1.165, 1.54) is 0 Å². The van der Waals surface area contributed by atoms with Gasteiger partial charge in [-0.3, -0.25) is 0 Å². The molecule has 0 aromatic rings. The highest BCUT2D eigenvalue weighted by molar-refractivity contribution is 6.21. The summed E-state index contributed by atoms with van der Waals surface area (Å²) in [5, 5.41) is -0.146. The predicted molar refractivity (Wildman–Crippen MR) is 37.7 cm³/mol. The summed E-state index contributed by atoms with van der Waals surface area (Å²) >= 11 is 5.74. The van der Waals surface area contributed by atoms with Gasteiger partial charge in [0.1, 0.15) is 0 Å². The molecule has 0 heterocycles. The average molecular weight is 153 g/mol. The van der Waals surface area contributed by atoms with Gasteiger partial charge in [0.2, 0.25) is 0 Å². The van der Waals surface area contributed by atoms with Crippen LogP contribution in [-0.2, 0) is 9.47 Å². The van der Waals surface area contributed by atoms with E-state index in [-0.39, 0.29) is 5.38 Å². The molecule has 0 aliphatic rings. The SMILES string of the molecule is COC(C)(OC)C(C)Cl. The maximum absolute atomic E-state index is 5.74. The van der Waals surface area contributed by atoms with Crippen LogP contribution in [0.4, 0.5) is 0 Å². The molecule has 0 fully saturated rings. The van der Waals surface area contributed by atoms with Crippen molar-refractivity contribution in [2.45, 2.75) is 25.0 Å². The number of methoxy groups -OCH3 is 2. The summed E-state index contributed by atoms with van der Waals surface area (Å²) in [6.07, 6.45) is 0. The summed E-state index contributed by atoms with van der Waals surface area (Å²) < 4.78 is 9.99. The van der Waals surface area contributed by atoms with Crippen LogP contribution in [0, 0.1) is 0 Å². The topological polar surface area (TPSA) is 18.5 Å². The van der Waals surface area contributed by atoms with Crippen LogP contribution in [0.15, 0.2) is 0 Å². The molecule has 0 N–H and O–H groups in total. The first-order valence-electron chi connectivity index (χ1n) is 2.81. The zero-order valence-electron chi connectivity index (χ0n) is 6.27. The second-order valence-electron chi connectivity index (χ2n) is 2.04. The fourth-order valence-corrected chi connectivity index (χ4v) is 0.586. The standard InChI is InChI=1S/C6H13ClO2/c1-5(7)6(2,8-3)9-4/h5H,1-4H3. The number of alkyl halides is 1. The van der Waals surface area contributed by atoms with Gasteiger partial charge in [-0.15, -0.1) is 11.6 Å². The van der Waals surface area contributed by atoms with E-state index < -0.39 is 5.79 Å². The van der Waals surface area contributed by atoms with Crippen LogP contribution in [0.25, 0.3) is 0 Å². The Morgan fingerprint density at radius 1 is 1.33 bits per heavy atom. The van der Waals surface area contributed by atoms with Gasteiger partial charge >= 0.3 is 0 Å². The third-order valence-corrected chi connectivity index (χ3v) is 1.93. The van der Waals surface area contributed by atoms with Crippen LogP contribution in [-0.4, -0.2) is 25.4 Å². The highest BCUT2D eigenvalue weighted by Crippen LogP contribution is 2.19. The van der Waals surface area contributed by atoms with Crippen LogP contribution in [0.1, 0.15) is 13.8 Å². The van der Waals surface area contributed by atoms with Gasteiger partial charge in [0.05, 0.1) is 5.38 Å². The molecule has 3 heteroatoms. The lowest BCUT2D eigenvalue weighted by molar-refractivity contribution is -0.191. The number of ether oxygens (including phenoxy) is 2. The quantitative estimate of drug-likeness (QED) is 0.452. The molecule has 0 amide bonds.